The van der Waals surface area contributed by atoms with Crippen LogP contribution in [0.3, 0.4) is 0 Å². The minimum Gasteiger partial charge on any atom is -0.396 e. The average Bonchev–Trinajstić information content (AvgIpc) is 3.11. The molecule has 138 valence electrons. The molecular weight excluding hydrogens is 316 g/mol. The highest BCUT2D eigenvalue weighted by Crippen LogP contribution is 2.22. The van der Waals surface area contributed by atoms with E-state index in [-0.39, 0.29) is 11.9 Å². The third kappa shape index (κ3) is 4.60. The number of hydrogen-bond acceptors (Lipinski definition) is 4. The van der Waals surface area contributed by atoms with Crippen molar-refractivity contribution in [2.24, 2.45) is 5.92 Å². The number of piperidine rings is 1. The first-order chi connectivity index (χ1) is 12.2. The van der Waals surface area contributed by atoms with E-state index < -0.39 is 0 Å². The van der Waals surface area contributed by atoms with Crippen molar-refractivity contribution < 1.29 is 14.6 Å². The molecule has 0 saturated carbocycles. The number of carbonyl (C=O) groups excluding carboxylic acids is 1. The Labute approximate surface area is 150 Å². The lowest BCUT2D eigenvalue weighted by atomic mass is 9.97. The third-order valence-corrected chi connectivity index (χ3v) is 5.57. The third-order valence-electron chi connectivity index (χ3n) is 5.57. The largest absolute Gasteiger partial charge is 0.396 e. The predicted octanol–water partition coefficient (Wildman–Crippen LogP) is 2.14. The maximum Gasteiger partial charge on any atom is 0.254 e. The normalized spacial score (nSPS) is 22.5. The number of aliphatic hydroxyl groups excluding tert-OH is 1. The number of benzene rings is 1. The zero-order valence-electron chi connectivity index (χ0n) is 15.2. The van der Waals surface area contributed by atoms with E-state index in [9.17, 15) is 9.90 Å². The van der Waals surface area contributed by atoms with Gasteiger partial charge in [-0.2, -0.15) is 0 Å². The summed E-state index contributed by atoms with van der Waals surface area (Å²) in [6.07, 6.45) is 4.23. The second-order valence-electron chi connectivity index (χ2n) is 7.35. The van der Waals surface area contributed by atoms with Gasteiger partial charge in [0.05, 0.1) is 12.6 Å². The van der Waals surface area contributed by atoms with Crippen LogP contribution in [0.4, 0.5) is 0 Å². The van der Waals surface area contributed by atoms with Gasteiger partial charge in [0.2, 0.25) is 0 Å². The zero-order valence-corrected chi connectivity index (χ0v) is 15.2. The molecule has 5 heteroatoms. The lowest BCUT2D eigenvalue weighted by Gasteiger charge is -2.31. The summed E-state index contributed by atoms with van der Waals surface area (Å²) in [4.78, 5) is 17.1. The van der Waals surface area contributed by atoms with Crippen LogP contribution < -0.4 is 0 Å². The summed E-state index contributed by atoms with van der Waals surface area (Å²) < 4.78 is 5.25. The molecule has 0 aliphatic carbocycles. The molecule has 0 radical (unpaired) electrons. The molecule has 1 aromatic rings. The zero-order chi connectivity index (χ0) is 17.6. The minimum atomic E-state index is 0.120. The van der Waals surface area contributed by atoms with Crippen molar-refractivity contribution in [3.63, 3.8) is 0 Å². The second kappa shape index (κ2) is 8.79. The van der Waals surface area contributed by atoms with Gasteiger partial charge < -0.3 is 14.7 Å². The molecule has 5 nitrogen and oxygen atoms in total. The van der Waals surface area contributed by atoms with Crippen molar-refractivity contribution in [3.8, 4) is 0 Å². The van der Waals surface area contributed by atoms with Crippen LogP contribution in [0.2, 0.25) is 0 Å². The number of rotatable bonds is 6. The summed E-state index contributed by atoms with van der Waals surface area (Å²) in [6.45, 7) is 4.76. The van der Waals surface area contributed by atoms with E-state index in [1.54, 1.807) is 7.11 Å². The Morgan fingerprint density at radius 1 is 1.16 bits per heavy atom. The Kier molecular flexibility index (Phi) is 6.45. The SMILES string of the molecule is COC[C@H]1CCCN1C(=O)c1ccc(CN2CCC(CO)CC2)cc1. The van der Waals surface area contributed by atoms with Gasteiger partial charge in [-0.05, 0) is 62.4 Å². The molecule has 1 atom stereocenters. The Hall–Kier alpha value is -1.43. The van der Waals surface area contributed by atoms with Crippen molar-refractivity contribution in [2.75, 3.05) is 40.0 Å². The summed E-state index contributed by atoms with van der Waals surface area (Å²) in [5, 5.41) is 9.23. The number of methoxy groups -OCH3 is 1. The molecule has 2 saturated heterocycles. The van der Waals surface area contributed by atoms with Crippen LogP contribution in [-0.2, 0) is 11.3 Å². The fraction of sp³-hybridized carbons (Fsp3) is 0.650. The summed E-state index contributed by atoms with van der Waals surface area (Å²) in [6, 6.07) is 8.28. The molecule has 0 spiro atoms. The number of nitrogens with zero attached hydrogens (tertiary/aromatic N) is 2. The van der Waals surface area contributed by atoms with Crippen LogP contribution >= 0.6 is 0 Å². The summed E-state index contributed by atoms with van der Waals surface area (Å²) >= 11 is 0. The number of hydrogen-bond donors (Lipinski definition) is 1. The summed E-state index contributed by atoms with van der Waals surface area (Å²) in [5.74, 6) is 0.589. The molecule has 1 aromatic carbocycles. The van der Waals surface area contributed by atoms with Gasteiger partial charge in [0.15, 0.2) is 0 Å². The van der Waals surface area contributed by atoms with Gasteiger partial charge in [-0.3, -0.25) is 9.69 Å². The summed E-state index contributed by atoms with van der Waals surface area (Å²) in [7, 11) is 1.69. The number of ether oxygens (including phenoxy) is 1. The van der Waals surface area contributed by atoms with E-state index in [1.807, 2.05) is 17.0 Å². The summed E-state index contributed by atoms with van der Waals surface area (Å²) in [5.41, 5.74) is 2.01. The minimum absolute atomic E-state index is 0.120. The molecule has 25 heavy (non-hydrogen) atoms. The van der Waals surface area contributed by atoms with Crippen LogP contribution in [0.15, 0.2) is 24.3 Å². The van der Waals surface area contributed by atoms with Gasteiger partial charge in [-0.25, -0.2) is 0 Å². The molecule has 0 aromatic heterocycles. The van der Waals surface area contributed by atoms with Crippen molar-refractivity contribution in [2.45, 2.75) is 38.3 Å². The predicted molar refractivity (Wildman–Crippen MR) is 97.5 cm³/mol. The topological polar surface area (TPSA) is 53.0 Å². The smallest absolute Gasteiger partial charge is 0.254 e. The Morgan fingerprint density at radius 2 is 1.88 bits per heavy atom. The van der Waals surface area contributed by atoms with Crippen molar-refractivity contribution in [1.29, 1.82) is 0 Å². The number of amides is 1. The van der Waals surface area contributed by atoms with Crippen LogP contribution in [0.1, 0.15) is 41.6 Å². The van der Waals surface area contributed by atoms with Crippen molar-refractivity contribution in [3.05, 3.63) is 35.4 Å². The lowest BCUT2D eigenvalue weighted by Crippen LogP contribution is -2.38. The van der Waals surface area contributed by atoms with Crippen molar-refractivity contribution in [1.82, 2.24) is 9.80 Å². The first kappa shape index (κ1) is 18.4. The van der Waals surface area contributed by atoms with Crippen LogP contribution in [0.25, 0.3) is 0 Å². The molecule has 1 amide bonds. The average molecular weight is 346 g/mol. The molecule has 3 rings (SSSR count). The van der Waals surface area contributed by atoms with E-state index in [2.05, 4.69) is 17.0 Å². The maximum absolute atomic E-state index is 12.7. The maximum atomic E-state index is 12.7. The van der Waals surface area contributed by atoms with E-state index in [1.165, 1.54) is 5.56 Å². The fourth-order valence-electron chi connectivity index (χ4n) is 3.97. The van der Waals surface area contributed by atoms with E-state index >= 15 is 0 Å². The van der Waals surface area contributed by atoms with Gasteiger partial charge in [0.1, 0.15) is 0 Å². The van der Waals surface area contributed by atoms with Crippen LogP contribution in [-0.4, -0.2) is 66.8 Å². The van der Waals surface area contributed by atoms with Crippen LogP contribution in [0.5, 0.6) is 0 Å². The van der Waals surface area contributed by atoms with E-state index in [4.69, 9.17) is 4.74 Å². The highest BCUT2D eigenvalue weighted by atomic mass is 16.5. The lowest BCUT2D eigenvalue weighted by molar-refractivity contribution is 0.0630. The van der Waals surface area contributed by atoms with Gasteiger partial charge in [-0.1, -0.05) is 12.1 Å². The van der Waals surface area contributed by atoms with Gasteiger partial charge >= 0.3 is 0 Å². The first-order valence-corrected chi connectivity index (χ1v) is 9.43. The molecule has 2 aliphatic rings. The van der Waals surface area contributed by atoms with Gasteiger partial charge in [0.25, 0.3) is 5.91 Å². The monoisotopic (exact) mass is 346 g/mol. The van der Waals surface area contributed by atoms with E-state index in [0.717, 1.165) is 57.4 Å². The molecule has 2 aliphatic heterocycles. The molecule has 1 N–H and O–H groups in total. The molecule has 0 bridgehead atoms. The number of aliphatic hydroxyl groups is 1. The number of carbonyl (C=O) groups is 1. The molecule has 2 fully saturated rings. The quantitative estimate of drug-likeness (QED) is 0.857. The molecule has 2 heterocycles. The van der Waals surface area contributed by atoms with E-state index in [0.29, 0.717) is 19.1 Å². The first-order valence-electron chi connectivity index (χ1n) is 9.43. The Morgan fingerprint density at radius 3 is 2.52 bits per heavy atom. The van der Waals surface area contributed by atoms with Crippen molar-refractivity contribution >= 4 is 5.91 Å². The van der Waals surface area contributed by atoms with Gasteiger partial charge in [-0.15, -0.1) is 0 Å². The highest BCUT2D eigenvalue weighted by molar-refractivity contribution is 5.94. The Bertz CT molecular complexity index is 553. The highest BCUT2D eigenvalue weighted by Gasteiger charge is 2.29. The Balaban J connectivity index is 1.56. The fourth-order valence-corrected chi connectivity index (χ4v) is 3.97. The van der Waals surface area contributed by atoms with Crippen LogP contribution in [0, 0.1) is 5.92 Å². The number of likely N-dealkylation sites (tertiary alicyclic amines) is 2. The standard InChI is InChI=1S/C20H30N2O3/c1-25-15-19-3-2-10-22(19)20(24)18-6-4-16(5-7-18)13-21-11-8-17(14-23)9-12-21/h4-7,17,19,23H,2-3,8-15H2,1H3/t19-/m1/s1. The molecule has 0 unspecified atom stereocenters. The molecular formula is C20H30N2O3. The van der Waals surface area contributed by atoms with Gasteiger partial charge in [0, 0.05) is 32.4 Å². The second-order valence-corrected chi connectivity index (χ2v) is 7.35.